The van der Waals surface area contributed by atoms with Gasteiger partial charge in [-0.15, -0.1) is 0 Å². The van der Waals surface area contributed by atoms with E-state index in [1.807, 2.05) is 21.1 Å². The van der Waals surface area contributed by atoms with E-state index in [1.54, 1.807) is 0 Å². The lowest BCUT2D eigenvalue weighted by molar-refractivity contribution is -0.870. The summed E-state index contributed by atoms with van der Waals surface area (Å²) < 4.78 is 23.7. The maximum absolute atomic E-state index is 13.0. The molecule has 0 rings (SSSR count). The summed E-state index contributed by atoms with van der Waals surface area (Å²) >= 11 is 0. The Hall–Kier alpha value is -0.500. The molecule has 0 aromatic carbocycles. The number of unbranched alkanes of at least 4 members (excludes halogenated alkanes) is 40. The molecule has 0 aliphatic rings. The van der Waals surface area contributed by atoms with Gasteiger partial charge in [0.2, 0.25) is 5.91 Å². The van der Waals surface area contributed by atoms with Crippen LogP contribution in [0.3, 0.4) is 0 Å². The van der Waals surface area contributed by atoms with Gasteiger partial charge in [0, 0.05) is 6.42 Å². The summed E-state index contributed by atoms with van der Waals surface area (Å²) in [4.78, 5) is 23.3. The van der Waals surface area contributed by atoms with Gasteiger partial charge in [0.15, 0.2) is 0 Å². The molecule has 0 fully saturated rings. The van der Waals surface area contributed by atoms with Gasteiger partial charge in [-0.3, -0.25) is 13.8 Å². The van der Waals surface area contributed by atoms with Gasteiger partial charge in [-0.2, -0.15) is 0 Å². The van der Waals surface area contributed by atoms with Crippen LogP contribution in [0.2, 0.25) is 0 Å². The molecule has 0 aliphatic carbocycles. The molecule has 9 heteroatoms. The number of carbonyl (C=O) groups excluding carboxylic acids is 1. The van der Waals surface area contributed by atoms with E-state index in [9.17, 15) is 19.4 Å². The molecule has 0 spiro atoms. The minimum atomic E-state index is -4.31. The highest BCUT2D eigenvalue weighted by Gasteiger charge is 2.28. The number of amides is 1. The third-order valence-corrected chi connectivity index (χ3v) is 14.3. The summed E-state index contributed by atoms with van der Waals surface area (Å²) in [6.45, 7) is 4.92. The molecule has 64 heavy (non-hydrogen) atoms. The quantitative estimate of drug-likeness (QED) is 0.0319. The smallest absolute Gasteiger partial charge is 0.391 e. The SMILES string of the molecule is CCCCCCCCCCCCCCCCCCCCCCCCCCCCCCCCC(=O)N[C@@H](COP(=O)(O)OCC[N+](C)(C)C)[C@H](O)CCCCCCCCCCCCCC. The molecule has 0 radical (unpaired) electrons. The number of hydrogen-bond acceptors (Lipinski definition) is 5. The lowest BCUT2D eigenvalue weighted by Gasteiger charge is -2.26. The first kappa shape index (κ1) is 63.5. The number of phosphoric ester groups is 1. The maximum Gasteiger partial charge on any atom is 0.472 e. The minimum absolute atomic E-state index is 0.0788. The molecule has 1 unspecified atom stereocenters. The van der Waals surface area contributed by atoms with Crippen molar-refractivity contribution in [2.45, 2.75) is 309 Å². The Bertz CT molecular complexity index is 1010. The predicted octanol–water partition coefficient (Wildman–Crippen LogP) is 16.9. The molecule has 0 aromatic heterocycles. The average Bonchev–Trinajstić information content (AvgIpc) is 3.25. The molecule has 3 atom stereocenters. The first-order valence-electron chi connectivity index (χ1n) is 28.4. The molecule has 0 aliphatic heterocycles. The van der Waals surface area contributed by atoms with Gasteiger partial charge < -0.3 is 19.8 Å². The molecule has 0 saturated carbocycles. The van der Waals surface area contributed by atoms with Crippen LogP contribution in [0.4, 0.5) is 0 Å². The molecule has 0 heterocycles. The van der Waals surface area contributed by atoms with E-state index in [0.717, 1.165) is 38.5 Å². The molecule has 0 saturated heterocycles. The van der Waals surface area contributed by atoms with Crippen molar-refractivity contribution in [1.82, 2.24) is 5.32 Å². The average molecular weight is 930 g/mol. The second kappa shape index (κ2) is 47.6. The fraction of sp³-hybridized carbons (Fsp3) is 0.982. The van der Waals surface area contributed by atoms with Gasteiger partial charge in [-0.25, -0.2) is 4.57 Å². The van der Waals surface area contributed by atoms with Crippen LogP contribution in [-0.2, 0) is 18.4 Å². The molecule has 0 bridgehead atoms. The predicted molar refractivity (Wildman–Crippen MR) is 277 cm³/mol. The largest absolute Gasteiger partial charge is 0.472 e. The molecule has 8 nitrogen and oxygen atoms in total. The van der Waals surface area contributed by atoms with E-state index in [-0.39, 0.29) is 19.1 Å². The van der Waals surface area contributed by atoms with Crippen LogP contribution in [0.15, 0.2) is 0 Å². The van der Waals surface area contributed by atoms with Gasteiger partial charge >= 0.3 is 7.82 Å². The number of aliphatic hydroxyl groups excluding tert-OH is 1. The zero-order valence-electron chi connectivity index (χ0n) is 43.8. The Labute approximate surface area is 399 Å². The molecular weight excluding hydrogens is 816 g/mol. The van der Waals surface area contributed by atoms with E-state index in [2.05, 4.69) is 19.2 Å². The van der Waals surface area contributed by atoms with Gasteiger partial charge in [-0.05, 0) is 12.8 Å². The third-order valence-electron chi connectivity index (χ3n) is 13.4. The first-order valence-corrected chi connectivity index (χ1v) is 29.9. The highest BCUT2D eigenvalue weighted by atomic mass is 31.2. The van der Waals surface area contributed by atoms with E-state index in [0.29, 0.717) is 23.9 Å². The zero-order valence-corrected chi connectivity index (χ0v) is 44.7. The molecule has 0 aromatic rings. The van der Waals surface area contributed by atoms with E-state index >= 15 is 0 Å². The highest BCUT2D eigenvalue weighted by molar-refractivity contribution is 7.47. The van der Waals surface area contributed by atoms with Crippen molar-refractivity contribution in [3.05, 3.63) is 0 Å². The summed E-state index contributed by atoms with van der Waals surface area (Å²) in [5, 5.41) is 14.0. The molecule has 3 N–H and O–H groups in total. The van der Waals surface area contributed by atoms with Crippen LogP contribution in [-0.4, -0.2) is 73.4 Å². The Morgan fingerprint density at radius 2 is 0.750 bits per heavy atom. The fourth-order valence-corrected chi connectivity index (χ4v) is 9.61. The maximum atomic E-state index is 13.0. The van der Waals surface area contributed by atoms with Gasteiger partial charge in [-0.1, -0.05) is 277 Å². The van der Waals surface area contributed by atoms with Crippen LogP contribution >= 0.6 is 7.82 Å². The van der Waals surface area contributed by atoms with Gasteiger partial charge in [0.05, 0.1) is 39.9 Å². The van der Waals surface area contributed by atoms with Crippen molar-refractivity contribution >= 4 is 13.7 Å². The lowest BCUT2D eigenvalue weighted by Crippen LogP contribution is -2.46. The van der Waals surface area contributed by atoms with Gasteiger partial charge in [0.25, 0.3) is 0 Å². The van der Waals surface area contributed by atoms with Crippen molar-refractivity contribution in [1.29, 1.82) is 0 Å². The topological polar surface area (TPSA) is 105 Å². The standard InChI is InChI=1S/C55H113N2O6P/c1-6-8-10-12-14-16-18-20-21-22-23-24-25-26-27-28-29-30-31-32-33-34-35-36-37-39-41-43-45-47-49-55(59)56-53(52-63-64(60,61)62-51-50-57(3,4)5)54(58)48-46-44-42-40-38-19-17-15-13-11-9-7-2/h53-54,58H,6-52H2,1-5H3,(H-,56,59,60,61)/p+1/t53-,54+/m0/s1. The van der Waals surface area contributed by atoms with E-state index < -0.39 is 20.0 Å². The van der Waals surface area contributed by atoms with Crippen LogP contribution in [0.25, 0.3) is 0 Å². The number of quaternary nitrogens is 1. The van der Waals surface area contributed by atoms with Crippen LogP contribution in [0.5, 0.6) is 0 Å². The van der Waals surface area contributed by atoms with E-state index in [1.165, 1.54) is 231 Å². The van der Waals surface area contributed by atoms with Crippen LogP contribution in [0.1, 0.15) is 296 Å². The number of aliphatic hydroxyl groups is 1. The third kappa shape index (κ3) is 49.4. The van der Waals surface area contributed by atoms with Crippen LogP contribution < -0.4 is 5.32 Å². The molecular formula is C55H114N2O6P+. The number of rotatable bonds is 53. The summed E-state index contributed by atoms with van der Waals surface area (Å²) in [5.41, 5.74) is 0. The summed E-state index contributed by atoms with van der Waals surface area (Å²) in [6.07, 6.45) is 56.0. The minimum Gasteiger partial charge on any atom is -0.391 e. The Kier molecular flexibility index (Phi) is 47.2. The van der Waals surface area contributed by atoms with E-state index in [4.69, 9.17) is 9.05 Å². The first-order chi connectivity index (χ1) is 31.0. The van der Waals surface area contributed by atoms with Crippen molar-refractivity contribution < 1.29 is 32.9 Å². The normalized spacial score (nSPS) is 13.9. The number of likely N-dealkylation sites (N-methyl/N-ethyl adjacent to an activating group) is 1. The van der Waals surface area contributed by atoms with Gasteiger partial charge in [0.1, 0.15) is 13.2 Å². The monoisotopic (exact) mass is 930 g/mol. The zero-order chi connectivity index (χ0) is 47.1. The van der Waals surface area contributed by atoms with Crippen molar-refractivity contribution in [3.8, 4) is 0 Å². The number of hydrogen-bond donors (Lipinski definition) is 3. The lowest BCUT2D eigenvalue weighted by atomic mass is 10.0. The summed E-state index contributed by atoms with van der Waals surface area (Å²) in [7, 11) is 1.63. The van der Waals surface area contributed by atoms with Crippen LogP contribution in [0, 0.1) is 0 Å². The Balaban J connectivity index is 3.96. The van der Waals surface area contributed by atoms with Crippen molar-refractivity contribution in [3.63, 3.8) is 0 Å². The van der Waals surface area contributed by atoms with Crippen molar-refractivity contribution in [2.75, 3.05) is 40.9 Å². The Morgan fingerprint density at radius 1 is 0.469 bits per heavy atom. The summed E-state index contributed by atoms with van der Waals surface area (Å²) in [6, 6.07) is -0.753. The number of nitrogens with zero attached hydrogens (tertiary/aromatic N) is 1. The fourth-order valence-electron chi connectivity index (χ4n) is 8.87. The number of phosphoric acid groups is 1. The summed E-state index contributed by atoms with van der Waals surface area (Å²) in [5.74, 6) is -0.138. The molecule has 384 valence electrons. The number of nitrogens with one attached hydrogen (secondary N) is 1. The number of carbonyl (C=O) groups is 1. The Morgan fingerprint density at radius 3 is 1.05 bits per heavy atom. The second-order valence-corrected chi connectivity index (χ2v) is 22.5. The van der Waals surface area contributed by atoms with Crippen molar-refractivity contribution in [2.24, 2.45) is 0 Å². The molecule has 1 amide bonds. The highest BCUT2D eigenvalue weighted by Crippen LogP contribution is 2.43. The second-order valence-electron chi connectivity index (χ2n) is 21.0.